The monoisotopic (exact) mass is 293 g/mol. The lowest BCUT2D eigenvalue weighted by Gasteiger charge is -2.24. The van der Waals surface area contributed by atoms with Crippen molar-refractivity contribution in [3.05, 3.63) is 27.9 Å². The van der Waals surface area contributed by atoms with Gasteiger partial charge in [0.25, 0.3) is 5.69 Å². The fourth-order valence-corrected chi connectivity index (χ4v) is 1.57. The van der Waals surface area contributed by atoms with Crippen LogP contribution in [0.2, 0.25) is 0 Å². The number of nitrogens with zero attached hydrogens (tertiary/aromatic N) is 3. The molecule has 0 aromatic carbocycles. The van der Waals surface area contributed by atoms with E-state index in [4.69, 9.17) is 5.11 Å². The molecule has 10 heteroatoms. The maximum absolute atomic E-state index is 12.4. The zero-order valence-corrected chi connectivity index (χ0v) is 10.2. The molecule has 0 radical (unpaired) electrons. The minimum absolute atomic E-state index is 0.0877. The fourth-order valence-electron chi connectivity index (χ4n) is 1.57. The number of aliphatic carboxylic acids is 1. The predicted octanol–water partition coefficient (Wildman–Crippen LogP) is 1.75. The average Bonchev–Trinajstić information content (AvgIpc) is 2.25. The molecule has 0 amide bonds. The van der Waals surface area contributed by atoms with E-state index < -0.39 is 30.2 Å². The van der Waals surface area contributed by atoms with Gasteiger partial charge in [0.15, 0.2) is 0 Å². The fraction of sp³-hybridized carbons (Fsp3) is 0.400. The summed E-state index contributed by atoms with van der Waals surface area (Å²) in [4.78, 5) is 24.4. The Balaban J connectivity index is 3.13. The van der Waals surface area contributed by atoms with Crippen LogP contribution in [0.25, 0.3) is 0 Å². The molecule has 0 fully saturated rings. The minimum atomic E-state index is -4.62. The van der Waals surface area contributed by atoms with Crippen molar-refractivity contribution in [2.75, 3.05) is 18.0 Å². The van der Waals surface area contributed by atoms with E-state index in [-0.39, 0.29) is 17.1 Å². The number of hydrogen-bond acceptors (Lipinski definition) is 5. The maximum atomic E-state index is 12.4. The number of carboxylic acid groups (broad SMARTS) is 1. The quantitative estimate of drug-likeness (QED) is 0.656. The van der Waals surface area contributed by atoms with Gasteiger partial charge in [0.2, 0.25) is 0 Å². The van der Waals surface area contributed by atoms with Gasteiger partial charge in [-0.3, -0.25) is 14.9 Å². The second-order valence-corrected chi connectivity index (χ2v) is 3.96. The second kappa shape index (κ2) is 5.72. The standard InChI is InChI=1S/C10H10F3N3O4/c1-6-2-7(16(19)20)3-14-9(6)15(4-8(17)18)5-10(11,12)13/h2-3H,4-5H2,1H3,(H,17,18). The molecule has 0 unspecified atom stereocenters. The van der Waals surface area contributed by atoms with Gasteiger partial charge in [0.1, 0.15) is 25.1 Å². The number of carbonyl (C=O) groups is 1. The van der Waals surface area contributed by atoms with Crippen LogP contribution in [-0.2, 0) is 4.79 Å². The number of aryl methyl sites for hydroxylation is 1. The van der Waals surface area contributed by atoms with Gasteiger partial charge in [-0.2, -0.15) is 13.2 Å². The molecule has 1 heterocycles. The van der Waals surface area contributed by atoms with E-state index in [1.165, 1.54) is 6.92 Å². The molecule has 0 bridgehead atoms. The van der Waals surface area contributed by atoms with Gasteiger partial charge in [-0.25, -0.2) is 4.98 Å². The summed E-state index contributed by atoms with van der Waals surface area (Å²) in [5.41, 5.74) is -0.293. The van der Waals surface area contributed by atoms with Crippen LogP contribution < -0.4 is 4.90 Å². The number of halogens is 3. The van der Waals surface area contributed by atoms with E-state index in [9.17, 15) is 28.1 Å². The number of nitro groups is 1. The van der Waals surface area contributed by atoms with E-state index in [2.05, 4.69) is 4.98 Å². The number of pyridine rings is 1. The van der Waals surface area contributed by atoms with E-state index in [0.717, 1.165) is 12.3 Å². The number of alkyl halides is 3. The van der Waals surface area contributed by atoms with Crippen LogP contribution in [0, 0.1) is 17.0 Å². The van der Waals surface area contributed by atoms with E-state index in [1.54, 1.807) is 0 Å². The third-order valence-corrected chi connectivity index (χ3v) is 2.24. The summed E-state index contributed by atoms with van der Waals surface area (Å²) in [6, 6.07) is 1.04. The first-order valence-corrected chi connectivity index (χ1v) is 5.24. The Morgan fingerprint density at radius 2 is 2.15 bits per heavy atom. The smallest absolute Gasteiger partial charge is 0.405 e. The van der Waals surface area contributed by atoms with Crippen LogP contribution in [0.1, 0.15) is 5.56 Å². The Morgan fingerprint density at radius 3 is 2.55 bits per heavy atom. The van der Waals surface area contributed by atoms with Crippen LogP contribution in [0.15, 0.2) is 12.3 Å². The van der Waals surface area contributed by atoms with Gasteiger partial charge in [-0.1, -0.05) is 0 Å². The Kier molecular flexibility index (Phi) is 4.48. The summed E-state index contributed by atoms with van der Waals surface area (Å²) in [7, 11) is 0. The van der Waals surface area contributed by atoms with Gasteiger partial charge in [0, 0.05) is 6.07 Å². The summed E-state index contributed by atoms with van der Waals surface area (Å²) in [5, 5.41) is 19.1. The molecular formula is C10H10F3N3O4. The predicted molar refractivity (Wildman–Crippen MR) is 61.5 cm³/mol. The molecule has 0 saturated carbocycles. The van der Waals surface area contributed by atoms with Crippen LogP contribution in [0.3, 0.4) is 0 Å². The first-order valence-electron chi connectivity index (χ1n) is 5.24. The van der Waals surface area contributed by atoms with Gasteiger partial charge in [-0.05, 0) is 12.5 Å². The summed E-state index contributed by atoms with van der Waals surface area (Å²) in [5.74, 6) is -1.72. The molecule has 0 aliphatic rings. The highest BCUT2D eigenvalue weighted by atomic mass is 19.4. The second-order valence-electron chi connectivity index (χ2n) is 3.96. The van der Waals surface area contributed by atoms with Gasteiger partial charge in [0.05, 0.1) is 4.92 Å². The molecule has 1 aromatic heterocycles. The van der Waals surface area contributed by atoms with Crippen molar-refractivity contribution in [3.63, 3.8) is 0 Å². The summed E-state index contributed by atoms with van der Waals surface area (Å²) in [6.07, 6.45) is -3.83. The molecule has 1 rings (SSSR count). The molecule has 20 heavy (non-hydrogen) atoms. The lowest BCUT2D eigenvalue weighted by atomic mass is 10.2. The van der Waals surface area contributed by atoms with Crippen LogP contribution in [0.4, 0.5) is 24.7 Å². The largest absolute Gasteiger partial charge is 0.480 e. The molecule has 0 spiro atoms. The number of anilines is 1. The zero-order chi connectivity index (χ0) is 15.5. The van der Waals surface area contributed by atoms with Gasteiger partial charge < -0.3 is 10.0 Å². The number of hydrogen-bond donors (Lipinski definition) is 1. The SMILES string of the molecule is Cc1cc([N+](=O)[O-])cnc1N(CC(=O)O)CC(F)(F)F. The zero-order valence-electron chi connectivity index (χ0n) is 10.2. The van der Waals surface area contributed by atoms with Crippen LogP contribution in [-0.4, -0.2) is 40.2 Å². The molecule has 0 saturated heterocycles. The molecule has 0 aliphatic carbocycles. The molecule has 0 aliphatic heterocycles. The molecule has 1 aromatic rings. The average molecular weight is 293 g/mol. The number of aromatic nitrogens is 1. The highest BCUT2D eigenvalue weighted by molar-refractivity contribution is 5.73. The third-order valence-electron chi connectivity index (χ3n) is 2.24. The topological polar surface area (TPSA) is 96.6 Å². The summed E-state index contributed by atoms with van der Waals surface area (Å²) in [6.45, 7) is -1.10. The number of carboxylic acids is 1. The van der Waals surface area contributed by atoms with Crippen molar-refractivity contribution in [3.8, 4) is 0 Å². The lowest BCUT2D eigenvalue weighted by Crippen LogP contribution is -2.38. The van der Waals surface area contributed by atoms with E-state index in [1.807, 2.05) is 0 Å². The molecular weight excluding hydrogens is 283 g/mol. The lowest BCUT2D eigenvalue weighted by molar-refractivity contribution is -0.385. The van der Waals surface area contributed by atoms with Crippen molar-refractivity contribution in [1.29, 1.82) is 0 Å². The first kappa shape index (κ1) is 15.7. The maximum Gasteiger partial charge on any atom is 0.405 e. The van der Waals surface area contributed by atoms with E-state index >= 15 is 0 Å². The van der Waals surface area contributed by atoms with Crippen LogP contribution >= 0.6 is 0 Å². The van der Waals surface area contributed by atoms with E-state index in [0.29, 0.717) is 4.90 Å². The van der Waals surface area contributed by atoms with Crippen molar-refractivity contribution in [2.24, 2.45) is 0 Å². The first-order chi connectivity index (χ1) is 9.10. The summed E-state index contributed by atoms with van der Waals surface area (Å²) < 4.78 is 37.2. The van der Waals surface area contributed by atoms with Crippen molar-refractivity contribution in [2.45, 2.75) is 13.1 Å². The van der Waals surface area contributed by atoms with Gasteiger partial charge >= 0.3 is 12.1 Å². The van der Waals surface area contributed by atoms with Crippen molar-refractivity contribution >= 4 is 17.5 Å². The Morgan fingerprint density at radius 1 is 1.55 bits per heavy atom. The molecule has 0 atom stereocenters. The van der Waals surface area contributed by atoms with Crippen molar-refractivity contribution < 1.29 is 28.0 Å². The Bertz CT molecular complexity index is 533. The molecule has 7 nitrogen and oxygen atoms in total. The third kappa shape index (κ3) is 4.37. The highest BCUT2D eigenvalue weighted by Crippen LogP contribution is 2.25. The highest BCUT2D eigenvalue weighted by Gasteiger charge is 2.33. The minimum Gasteiger partial charge on any atom is -0.480 e. The Labute approximate surface area is 110 Å². The van der Waals surface area contributed by atoms with Crippen LogP contribution in [0.5, 0.6) is 0 Å². The normalized spacial score (nSPS) is 11.2. The Hall–Kier alpha value is -2.39. The number of rotatable bonds is 5. The summed E-state index contributed by atoms with van der Waals surface area (Å²) >= 11 is 0. The molecule has 1 N–H and O–H groups in total. The van der Waals surface area contributed by atoms with Gasteiger partial charge in [-0.15, -0.1) is 0 Å². The van der Waals surface area contributed by atoms with Crippen molar-refractivity contribution in [1.82, 2.24) is 4.98 Å². The molecule has 110 valence electrons.